The molecule has 2 amide bonds. The molecule has 29 heavy (non-hydrogen) atoms. The Kier molecular flexibility index (Phi) is 6.70. The molecule has 0 radical (unpaired) electrons. The van der Waals surface area contributed by atoms with E-state index in [1.54, 1.807) is 11.5 Å². The summed E-state index contributed by atoms with van der Waals surface area (Å²) < 4.78 is 0. The molecule has 1 aliphatic heterocycles. The minimum absolute atomic E-state index is 0.109. The Hall–Kier alpha value is -2.66. The molecule has 2 aromatic carbocycles. The van der Waals surface area contributed by atoms with Gasteiger partial charge in [0.15, 0.2) is 0 Å². The molecular formula is C24H30N2O3. The van der Waals surface area contributed by atoms with E-state index in [0.29, 0.717) is 12.1 Å². The predicted octanol–water partition coefficient (Wildman–Crippen LogP) is 4.30. The third-order valence-corrected chi connectivity index (χ3v) is 5.80. The highest BCUT2D eigenvalue weighted by Gasteiger charge is 2.35. The van der Waals surface area contributed by atoms with Crippen molar-refractivity contribution < 1.29 is 14.8 Å². The van der Waals surface area contributed by atoms with Crippen molar-refractivity contribution in [1.29, 1.82) is 0 Å². The van der Waals surface area contributed by atoms with Crippen LogP contribution in [-0.4, -0.2) is 28.0 Å². The van der Waals surface area contributed by atoms with Gasteiger partial charge in [-0.05, 0) is 47.6 Å². The fraction of sp³-hybridized carbons (Fsp3) is 0.417. The van der Waals surface area contributed by atoms with E-state index in [9.17, 15) is 9.59 Å². The Morgan fingerprint density at radius 3 is 2.48 bits per heavy atom. The average Bonchev–Trinajstić information content (AvgIpc) is 2.73. The summed E-state index contributed by atoms with van der Waals surface area (Å²) in [5.41, 5.74) is 5.33. The molecule has 154 valence electrons. The standard InChI is InChI=1S/C24H30N2O3/c1-4-8-21-14-20-13-18(23(27)25-29)11-12-19(20)15-26(21)24(28)22(16(2)3)17-9-6-5-7-10-17/h5-7,9-13,16,21-22,29H,4,8,14-15H2,1-3H3,(H,25,27). The van der Waals surface area contributed by atoms with Gasteiger partial charge < -0.3 is 4.90 Å². The second-order valence-corrected chi connectivity index (χ2v) is 8.17. The van der Waals surface area contributed by atoms with E-state index >= 15 is 0 Å². The molecule has 2 atom stereocenters. The van der Waals surface area contributed by atoms with Crippen molar-refractivity contribution in [3.05, 3.63) is 70.8 Å². The summed E-state index contributed by atoms with van der Waals surface area (Å²) in [6.07, 6.45) is 2.63. The normalized spacial score (nSPS) is 17.0. The topological polar surface area (TPSA) is 69.6 Å². The molecule has 2 unspecified atom stereocenters. The van der Waals surface area contributed by atoms with Gasteiger partial charge in [0.25, 0.3) is 5.91 Å². The largest absolute Gasteiger partial charge is 0.335 e. The van der Waals surface area contributed by atoms with E-state index in [2.05, 4.69) is 20.8 Å². The molecule has 5 heteroatoms. The number of carbonyl (C=O) groups excluding carboxylic acids is 2. The zero-order valence-electron chi connectivity index (χ0n) is 17.4. The lowest BCUT2D eigenvalue weighted by atomic mass is 9.84. The van der Waals surface area contributed by atoms with Gasteiger partial charge in [0.1, 0.15) is 0 Å². The quantitative estimate of drug-likeness (QED) is 0.567. The number of rotatable bonds is 6. The molecule has 5 nitrogen and oxygen atoms in total. The van der Waals surface area contributed by atoms with Gasteiger partial charge in [0, 0.05) is 18.2 Å². The maximum Gasteiger partial charge on any atom is 0.274 e. The number of hydroxylamine groups is 1. The molecule has 0 saturated carbocycles. The number of hydrogen-bond acceptors (Lipinski definition) is 3. The minimum atomic E-state index is -0.512. The van der Waals surface area contributed by atoms with Crippen molar-refractivity contribution in [3.8, 4) is 0 Å². The maximum absolute atomic E-state index is 13.7. The van der Waals surface area contributed by atoms with Crippen LogP contribution in [0.5, 0.6) is 0 Å². The molecule has 0 aliphatic carbocycles. The summed E-state index contributed by atoms with van der Waals surface area (Å²) in [5.74, 6) is -0.310. The van der Waals surface area contributed by atoms with Crippen LogP contribution in [0, 0.1) is 5.92 Å². The molecule has 2 aromatic rings. The van der Waals surface area contributed by atoms with Crippen LogP contribution in [0.15, 0.2) is 48.5 Å². The molecule has 3 rings (SSSR count). The molecule has 1 heterocycles. The Morgan fingerprint density at radius 2 is 1.86 bits per heavy atom. The lowest BCUT2D eigenvalue weighted by molar-refractivity contribution is -0.137. The van der Waals surface area contributed by atoms with Crippen molar-refractivity contribution in [2.75, 3.05) is 0 Å². The average molecular weight is 395 g/mol. The number of amides is 2. The SMILES string of the molecule is CCCC1Cc2cc(C(=O)NO)ccc2CN1C(=O)C(c1ccccc1)C(C)C. The summed E-state index contributed by atoms with van der Waals surface area (Å²) in [6, 6.07) is 15.6. The number of benzene rings is 2. The lowest BCUT2D eigenvalue weighted by Crippen LogP contribution is -2.47. The summed E-state index contributed by atoms with van der Waals surface area (Å²) in [7, 11) is 0. The molecular weight excluding hydrogens is 364 g/mol. The molecule has 2 N–H and O–H groups in total. The third-order valence-electron chi connectivity index (χ3n) is 5.80. The highest BCUT2D eigenvalue weighted by Crippen LogP contribution is 2.33. The first-order chi connectivity index (χ1) is 14.0. The molecule has 0 fully saturated rings. The lowest BCUT2D eigenvalue weighted by Gasteiger charge is -2.40. The van der Waals surface area contributed by atoms with Gasteiger partial charge in [-0.15, -0.1) is 0 Å². The van der Waals surface area contributed by atoms with Crippen LogP contribution in [0.25, 0.3) is 0 Å². The number of fused-ring (bicyclic) bond motifs is 1. The Labute approximate surface area is 172 Å². The van der Waals surface area contributed by atoms with E-state index in [1.165, 1.54) is 0 Å². The monoisotopic (exact) mass is 394 g/mol. The summed E-state index contributed by atoms with van der Waals surface area (Å²) in [5, 5.41) is 8.91. The van der Waals surface area contributed by atoms with Gasteiger partial charge in [-0.1, -0.05) is 63.6 Å². The van der Waals surface area contributed by atoms with Crippen molar-refractivity contribution in [2.24, 2.45) is 5.92 Å². The Bertz CT molecular complexity index is 864. The first-order valence-electron chi connectivity index (χ1n) is 10.4. The van der Waals surface area contributed by atoms with Crippen LogP contribution >= 0.6 is 0 Å². The van der Waals surface area contributed by atoms with Gasteiger partial charge in [-0.2, -0.15) is 0 Å². The van der Waals surface area contributed by atoms with Gasteiger partial charge in [0.2, 0.25) is 5.91 Å². The minimum Gasteiger partial charge on any atom is -0.335 e. The van der Waals surface area contributed by atoms with Crippen molar-refractivity contribution in [1.82, 2.24) is 10.4 Å². The van der Waals surface area contributed by atoms with Crippen molar-refractivity contribution in [3.63, 3.8) is 0 Å². The highest BCUT2D eigenvalue weighted by molar-refractivity contribution is 5.93. The van der Waals surface area contributed by atoms with Gasteiger partial charge in [-0.3, -0.25) is 14.8 Å². The predicted molar refractivity (Wildman–Crippen MR) is 113 cm³/mol. The maximum atomic E-state index is 13.7. The molecule has 0 spiro atoms. The number of hydrogen-bond donors (Lipinski definition) is 2. The van der Waals surface area contributed by atoms with Gasteiger partial charge in [0.05, 0.1) is 5.92 Å². The molecule has 0 aromatic heterocycles. The van der Waals surface area contributed by atoms with Gasteiger partial charge in [-0.25, -0.2) is 5.48 Å². The van der Waals surface area contributed by atoms with Gasteiger partial charge >= 0.3 is 0 Å². The second kappa shape index (κ2) is 9.23. The smallest absolute Gasteiger partial charge is 0.274 e. The number of carbonyl (C=O) groups is 2. The van der Waals surface area contributed by atoms with Crippen LogP contribution in [0.1, 0.15) is 66.6 Å². The van der Waals surface area contributed by atoms with Crippen LogP contribution in [0.4, 0.5) is 0 Å². The van der Waals surface area contributed by atoms with E-state index in [4.69, 9.17) is 5.21 Å². The molecule has 0 saturated heterocycles. The van der Waals surface area contributed by atoms with Crippen molar-refractivity contribution in [2.45, 2.75) is 58.5 Å². The van der Waals surface area contributed by atoms with E-state index in [1.807, 2.05) is 47.4 Å². The summed E-state index contributed by atoms with van der Waals surface area (Å²) in [6.45, 7) is 6.88. The van der Waals surface area contributed by atoms with E-state index in [0.717, 1.165) is 36.0 Å². The van der Waals surface area contributed by atoms with Crippen LogP contribution in [0.3, 0.4) is 0 Å². The first-order valence-corrected chi connectivity index (χ1v) is 10.4. The van der Waals surface area contributed by atoms with Crippen LogP contribution in [0.2, 0.25) is 0 Å². The second-order valence-electron chi connectivity index (χ2n) is 8.17. The van der Waals surface area contributed by atoms with E-state index in [-0.39, 0.29) is 23.8 Å². The summed E-state index contributed by atoms with van der Waals surface area (Å²) >= 11 is 0. The first kappa shape index (κ1) is 21.1. The van der Waals surface area contributed by atoms with E-state index < -0.39 is 5.91 Å². The number of nitrogens with zero attached hydrogens (tertiary/aromatic N) is 1. The zero-order valence-corrected chi connectivity index (χ0v) is 17.4. The fourth-order valence-corrected chi connectivity index (χ4v) is 4.35. The highest BCUT2D eigenvalue weighted by atomic mass is 16.5. The Balaban J connectivity index is 1.93. The zero-order chi connectivity index (χ0) is 21.0. The van der Waals surface area contributed by atoms with Crippen LogP contribution in [-0.2, 0) is 17.8 Å². The molecule has 0 bridgehead atoms. The molecule has 1 aliphatic rings. The third kappa shape index (κ3) is 4.51. The fourth-order valence-electron chi connectivity index (χ4n) is 4.35. The number of nitrogens with one attached hydrogen (secondary N) is 1. The van der Waals surface area contributed by atoms with Crippen LogP contribution < -0.4 is 5.48 Å². The Morgan fingerprint density at radius 1 is 1.14 bits per heavy atom. The van der Waals surface area contributed by atoms with Crippen molar-refractivity contribution >= 4 is 11.8 Å². The summed E-state index contributed by atoms with van der Waals surface area (Å²) in [4.78, 5) is 27.5.